The quantitative estimate of drug-likeness (QED) is 0.600. The third-order valence-corrected chi connectivity index (χ3v) is 6.21. The van der Waals surface area contributed by atoms with E-state index in [1.165, 1.54) is 11.3 Å². The van der Waals surface area contributed by atoms with E-state index in [4.69, 9.17) is 14.5 Å². The number of carbonyl (C=O) groups is 1. The molecule has 0 aliphatic heterocycles. The Hall–Kier alpha value is -2.29. The molecular weight excluding hydrogens is 388 g/mol. The SMILES string of the molecule is COCCOC1CCC(NC(=O)c2cc(-c3cncs3)nc3c2ccn3C)CC1. The highest BCUT2D eigenvalue weighted by Gasteiger charge is 2.24. The van der Waals surface area contributed by atoms with Gasteiger partial charge in [-0.1, -0.05) is 0 Å². The first-order valence-electron chi connectivity index (χ1n) is 9.92. The zero-order valence-electron chi connectivity index (χ0n) is 16.8. The topological polar surface area (TPSA) is 78.3 Å². The van der Waals surface area contributed by atoms with Crippen molar-refractivity contribution in [3.63, 3.8) is 0 Å². The van der Waals surface area contributed by atoms with Gasteiger partial charge in [-0.3, -0.25) is 9.78 Å². The number of nitrogens with one attached hydrogen (secondary N) is 1. The highest BCUT2D eigenvalue weighted by atomic mass is 32.1. The molecule has 3 aromatic heterocycles. The third kappa shape index (κ3) is 4.49. The Morgan fingerprint density at radius 3 is 2.86 bits per heavy atom. The lowest BCUT2D eigenvalue weighted by molar-refractivity contribution is -0.00408. The zero-order valence-corrected chi connectivity index (χ0v) is 17.6. The second kappa shape index (κ2) is 9.02. The lowest BCUT2D eigenvalue weighted by Crippen LogP contribution is -2.39. The molecule has 154 valence electrons. The van der Waals surface area contributed by atoms with Crippen LogP contribution in [0.4, 0.5) is 0 Å². The molecule has 1 saturated carbocycles. The molecule has 0 atom stereocenters. The predicted octanol–water partition coefficient (Wildman–Crippen LogP) is 3.40. The van der Waals surface area contributed by atoms with Crippen molar-refractivity contribution in [1.82, 2.24) is 19.9 Å². The van der Waals surface area contributed by atoms with Crippen LogP contribution in [0, 0.1) is 0 Å². The van der Waals surface area contributed by atoms with E-state index in [0.717, 1.165) is 47.3 Å². The molecule has 1 aliphatic carbocycles. The highest BCUT2D eigenvalue weighted by molar-refractivity contribution is 7.13. The van der Waals surface area contributed by atoms with E-state index >= 15 is 0 Å². The molecule has 1 aliphatic rings. The molecule has 8 heteroatoms. The summed E-state index contributed by atoms with van der Waals surface area (Å²) in [4.78, 5) is 23.0. The van der Waals surface area contributed by atoms with Gasteiger partial charge >= 0.3 is 0 Å². The molecule has 3 aromatic rings. The molecule has 0 saturated heterocycles. The van der Waals surface area contributed by atoms with Crippen molar-refractivity contribution in [3.05, 3.63) is 35.6 Å². The zero-order chi connectivity index (χ0) is 20.2. The van der Waals surface area contributed by atoms with Crippen LogP contribution in [0.15, 0.2) is 30.0 Å². The Kier molecular flexibility index (Phi) is 6.22. The van der Waals surface area contributed by atoms with Crippen LogP contribution in [0.3, 0.4) is 0 Å². The first-order chi connectivity index (χ1) is 14.2. The van der Waals surface area contributed by atoms with Crippen molar-refractivity contribution in [2.24, 2.45) is 7.05 Å². The number of fused-ring (bicyclic) bond motifs is 1. The number of carbonyl (C=O) groups excluding carboxylic acids is 1. The lowest BCUT2D eigenvalue weighted by atomic mass is 9.92. The molecule has 0 unspecified atom stereocenters. The minimum absolute atomic E-state index is 0.0434. The number of thiazole rings is 1. The molecule has 0 spiro atoms. The normalized spacial score (nSPS) is 19.5. The fourth-order valence-corrected chi connectivity index (χ4v) is 4.41. The smallest absolute Gasteiger partial charge is 0.252 e. The average molecular weight is 415 g/mol. The molecule has 1 amide bonds. The molecular formula is C21H26N4O3S. The maximum Gasteiger partial charge on any atom is 0.252 e. The number of ether oxygens (including phenoxy) is 2. The second-order valence-electron chi connectivity index (χ2n) is 7.40. The van der Waals surface area contributed by atoms with Crippen LogP contribution < -0.4 is 5.32 Å². The van der Waals surface area contributed by atoms with Gasteiger partial charge in [0.25, 0.3) is 5.91 Å². The predicted molar refractivity (Wildman–Crippen MR) is 113 cm³/mol. The largest absolute Gasteiger partial charge is 0.382 e. The third-order valence-electron chi connectivity index (χ3n) is 5.42. The first kappa shape index (κ1) is 20.0. The van der Waals surface area contributed by atoms with E-state index in [-0.39, 0.29) is 18.1 Å². The van der Waals surface area contributed by atoms with Gasteiger partial charge in [0.1, 0.15) is 5.65 Å². The van der Waals surface area contributed by atoms with Crippen molar-refractivity contribution in [1.29, 1.82) is 0 Å². The van der Waals surface area contributed by atoms with Crippen molar-refractivity contribution >= 4 is 28.3 Å². The minimum Gasteiger partial charge on any atom is -0.382 e. The van der Waals surface area contributed by atoms with Gasteiger partial charge in [-0.05, 0) is 37.8 Å². The van der Waals surface area contributed by atoms with Gasteiger partial charge in [0.15, 0.2) is 0 Å². The summed E-state index contributed by atoms with van der Waals surface area (Å²) in [5.41, 5.74) is 4.02. The summed E-state index contributed by atoms with van der Waals surface area (Å²) in [6.07, 6.45) is 7.75. The van der Waals surface area contributed by atoms with E-state index in [2.05, 4.69) is 10.3 Å². The average Bonchev–Trinajstić information content (AvgIpc) is 3.39. The van der Waals surface area contributed by atoms with E-state index in [1.807, 2.05) is 29.9 Å². The van der Waals surface area contributed by atoms with E-state index in [9.17, 15) is 4.79 Å². The lowest BCUT2D eigenvalue weighted by Gasteiger charge is -2.29. The van der Waals surface area contributed by atoms with E-state index in [1.54, 1.807) is 18.8 Å². The van der Waals surface area contributed by atoms with Gasteiger partial charge < -0.3 is 19.4 Å². The Bertz CT molecular complexity index is 962. The molecule has 7 nitrogen and oxygen atoms in total. The van der Waals surface area contributed by atoms with Crippen molar-refractivity contribution in [2.45, 2.75) is 37.8 Å². The Morgan fingerprint density at radius 2 is 2.14 bits per heavy atom. The first-order valence-corrected chi connectivity index (χ1v) is 10.8. The molecule has 0 radical (unpaired) electrons. The van der Waals surface area contributed by atoms with Crippen LogP contribution in [-0.4, -0.2) is 52.9 Å². The molecule has 1 N–H and O–H groups in total. The van der Waals surface area contributed by atoms with Gasteiger partial charge in [0, 0.05) is 38.0 Å². The molecule has 0 aromatic carbocycles. The fraction of sp³-hybridized carbons (Fsp3) is 0.476. The van der Waals surface area contributed by atoms with Crippen LogP contribution in [0.1, 0.15) is 36.0 Å². The second-order valence-corrected chi connectivity index (χ2v) is 8.28. The number of nitrogens with zero attached hydrogens (tertiary/aromatic N) is 3. The summed E-state index contributed by atoms with van der Waals surface area (Å²) in [7, 11) is 3.62. The van der Waals surface area contributed by atoms with Gasteiger partial charge in [0.05, 0.1) is 41.0 Å². The van der Waals surface area contributed by atoms with E-state index in [0.29, 0.717) is 18.8 Å². The van der Waals surface area contributed by atoms with Gasteiger partial charge in [-0.15, -0.1) is 11.3 Å². The summed E-state index contributed by atoms with van der Waals surface area (Å²) in [6.45, 7) is 1.25. The Morgan fingerprint density at radius 1 is 1.31 bits per heavy atom. The molecule has 29 heavy (non-hydrogen) atoms. The van der Waals surface area contributed by atoms with Crippen LogP contribution >= 0.6 is 11.3 Å². The monoisotopic (exact) mass is 414 g/mol. The summed E-state index contributed by atoms with van der Waals surface area (Å²) < 4.78 is 12.8. The summed E-state index contributed by atoms with van der Waals surface area (Å²) in [6, 6.07) is 4.00. The summed E-state index contributed by atoms with van der Waals surface area (Å²) >= 11 is 1.52. The minimum atomic E-state index is -0.0434. The maximum atomic E-state index is 13.1. The number of methoxy groups -OCH3 is 1. The maximum absolute atomic E-state index is 13.1. The molecule has 3 heterocycles. The molecule has 0 bridgehead atoms. The fourth-order valence-electron chi connectivity index (χ4n) is 3.82. The van der Waals surface area contributed by atoms with E-state index < -0.39 is 0 Å². The van der Waals surface area contributed by atoms with Gasteiger partial charge in [-0.2, -0.15) is 0 Å². The van der Waals surface area contributed by atoms with Crippen LogP contribution in [0.2, 0.25) is 0 Å². The number of amides is 1. The number of hydrogen-bond donors (Lipinski definition) is 1. The standard InChI is InChI=1S/C21H26N4O3S/c1-25-8-7-16-17(11-18(24-20(16)25)19-12-22-13-29-19)21(26)23-14-3-5-15(6-4-14)28-10-9-27-2/h7-8,11-15H,3-6,9-10H2,1-2H3,(H,23,26). The van der Waals surface area contributed by atoms with Crippen LogP contribution in [0.25, 0.3) is 21.6 Å². The van der Waals surface area contributed by atoms with Crippen molar-refractivity contribution in [2.75, 3.05) is 20.3 Å². The number of aromatic nitrogens is 3. The Labute approximate surface area is 174 Å². The highest BCUT2D eigenvalue weighted by Crippen LogP contribution is 2.28. The summed E-state index contributed by atoms with van der Waals surface area (Å²) in [5, 5.41) is 4.10. The van der Waals surface area contributed by atoms with Crippen LogP contribution in [-0.2, 0) is 16.5 Å². The Balaban J connectivity index is 1.48. The summed E-state index contributed by atoms with van der Waals surface area (Å²) in [5.74, 6) is -0.0434. The number of rotatable bonds is 7. The number of pyridine rings is 1. The number of hydrogen-bond acceptors (Lipinski definition) is 6. The van der Waals surface area contributed by atoms with Gasteiger partial charge in [-0.25, -0.2) is 4.98 Å². The van der Waals surface area contributed by atoms with Crippen LogP contribution in [0.5, 0.6) is 0 Å². The van der Waals surface area contributed by atoms with Crippen molar-refractivity contribution < 1.29 is 14.3 Å². The molecule has 1 fully saturated rings. The number of aryl methyl sites for hydroxylation is 1. The van der Waals surface area contributed by atoms with Crippen molar-refractivity contribution in [3.8, 4) is 10.6 Å². The molecule has 4 rings (SSSR count). The van der Waals surface area contributed by atoms with Gasteiger partial charge in [0.2, 0.25) is 0 Å².